The first-order valence-corrected chi connectivity index (χ1v) is 11.9. The average molecular weight is 491 g/mol. The van der Waals surface area contributed by atoms with Gasteiger partial charge >= 0.3 is 6.03 Å². The highest BCUT2D eigenvalue weighted by atomic mass is 35.5. The zero-order chi connectivity index (χ0) is 24.4. The number of rotatable bonds is 5. The first-order chi connectivity index (χ1) is 17.0. The summed E-state index contributed by atoms with van der Waals surface area (Å²) in [5.74, 6) is 1.51. The summed E-state index contributed by atoms with van der Waals surface area (Å²) in [6.45, 7) is 5.51. The summed E-state index contributed by atoms with van der Waals surface area (Å²) in [5, 5.41) is 3.39. The highest BCUT2D eigenvalue weighted by Gasteiger charge is 2.24. The monoisotopic (exact) mass is 490 g/mol. The van der Waals surface area contributed by atoms with Crippen LogP contribution < -0.4 is 10.1 Å². The molecule has 9 heteroatoms. The van der Waals surface area contributed by atoms with Gasteiger partial charge < -0.3 is 15.0 Å². The highest BCUT2D eigenvalue weighted by Crippen LogP contribution is 2.27. The smallest absolute Gasteiger partial charge is 0.321 e. The molecule has 1 N–H and O–H groups in total. The number of amides is 2. The normalized spacial score (nSPS) is 14.3. The van der Waals surface area contributed by atoms with Crippen molar-refractivity contribution in [2.45, 2.75) is 13.5 Å². The van der Waals surface area contributed by atoms with Crippen molar-refractivity contribution in [2.24, 2.45) is 0 Å². The van der Waals surface area contributed by atoms with Crippen LogP contribution in [0.5, 0.6) is 5.75 Å². The van der Waals surface area contributed by atoms with Gasteiger partial charge in [0, 0.05) is 43.8 Å². The van der Waals surface area contributed by atoms with E-state index >= 15 is 0 Å². The van der Waals surface area contributed by atoms with Gasteiger partial charge in [-0.05, 0) is 55.0 Å². The van der Waals surface area contributed by atoms with E-state index in [1.165, 1.54) is 5.56 Å². The first kappa shape index (κ1) is 23.1. The summed E-state index contributed by atoms with van der Waals surface area (Å²) in [5.41, 5.74) is 4.61. The number of benzene rings is 2. The van der Waals surface area contributed by atoms with Crippen LogP contribution in [0, 0.1) is 6.92 Å². The molecule has 2 amide bonds. The molecule has 0 spiro atoms. The maximum Gasteiger partial charge on any atom is 0.321 e. The van der Waals surface area contributed by atoms with E-state index in [2.05, 4.69) is 51.0 Å². The predicted octanol–water partition coefficient (Wildman–Crippen LogP) is 4.74. The number of anilines is 1. The molecule has 180 valence electrons. The van der Waals surface area contributed by atoms with Crippen LogP contribution in [0.4, 0.5) is 10.5 Å². The molecule has 0 bridgehead atoms. The van der Waals surface area contributed by atoms with Gasteiger partial charge in [0.2, 0.25) is 0 Å². The number of carbonyl (C=O) groups is 1. The zero-order valence-corrected chi connectivity index (χ0v) is 20.5. The van der Waals surface area contributed by atoms with E-state index in [0.29, 0.717) is 36.1 Å². The van der Waals surface area contributed by atoms with Gasteiger partial charge in [-0.15, -0.1) is 0 Å². The second-order valence-corrected chi connectivity index (χ2v) is 9.00. The number of pyridine rings is 1. The number of methoxy groups -OCH3 is 1. The number of hydrogen-bond donors (Lipinski definition) is 1. The number of nitrogens with one attached hydrogen (secondary N) is 1. The average Bonchev–Trinajstić information content (AvgIpc) is 3.22. The number of imidazole rings is 1. The number of fused-ring (bicyclic) bond motifs is 1. The molecule has 0 aliphatic carbocycles. The highest BCUT2D eigenvalue weighted by molar-refractivity contribution is 6.32. The zero-order valence-electron chi connectivity index (χ0n) is 19.7. The first-order valence-electron chi connectivity index (χ1n) is 11.5. The van der Waals surface area contributed by atoms with Crippen molar-refractivity contribution in [2.75, 3.05) is 38.6 Å². The third kappa shape index (κ3) is 4.94. The maximum atomic E-state index is 12.8. The molecular weight excluding hydrogens is 464 g/mol. The number of carbonyl (C=O) groups excluding carboxylic acids is 1. The Labute approximate surface area is 209 Å². The predicted molar refractivity (Wildman–Crippen MR) is 137 cm³/mol. The molecule has 0 atom stereocenters. The Balaban J connectivity index is 1.27. The summed E-state index contributed by atoms with van der Waals surface area (Å²) in [6, 6.07) is 17.3. The van der Waals surface area contributed by atoms with Crippen molar-refractivity contribution in [3.8, 4) is 11.4 Å². The SMILES string of the molecule is COc1ccc(NC(=O)N2CCN(Cc3nc4cccnc4n3-c3cccc(C)c3)CC2)cc1Cl. The van der Waals surface area contributed by atoms with E-state index in [-0.39, 0.29) is 6.03 Å². The molecule has 1 aliphatic heterocycles. The van der Waals surface area contributed by atoms with Crippen LogP contribution in [0.2, 0.25) is 5.02 Å². The Morgan fingerprint density at radius 2 is 1.91 bits per heavy atom. The minimum absolute atomic E-state index is 0.137. The van der Waals surface area contributed by atoms with Gasteiger partial charge in [-0.2, -0.15) is 0 Å². The van der Waals surface area contributed by atoms with Gasteiger partial charge in [-0.1, -0.05) is 23.7 Å². The summed E-state index contributed by atoms with van der Waals surface area (Å²) in [7, 11) is 1.56. The molecule has 35 heavy (non-hydrogen) atoms. The Kier molecular flexibility index (Phi) is 6.57. The van der Waals surface area contributed by atoms with Gasteiger partial charge in [0.05, 0.1) is 18.7 Å². The molecule has 1 fully saturated rings. The van der Waals surface area contributed by atoms with Crippen LogP contribution in [0.3, 0.4) is 0 Å². The van der Waals surface area contributed by atoms with Crippen LogP contribution in [0.25, 0.3) is 16.9 Å². The van der Waals surface area contributed by atoms with Gasteiger partial charge in [-0.3, -0.25) is 9.47 Å². The largest absolute Gasteiger partial charge is 0.495 e. The van der Waals surface area contributed by atoms with E-state index in [1.54, 1.807) is 31.5 Å². The molecule has 2 aromatic heterocycles. The number of nitrogens with zero attached hydrogens (tertiary/aromatic N) is 5. The standard InChI is InChI=1S/C26H27ClN6O2/c1-18-5-3-6-20(15-18)33-24(30-22-7-4-10-28-25(22)33)17-31-11-13-32(14-12-31)26(34)29-19-8-9-23(35-2)21(27)16-19/h3-10,15-16H,11-14,17H2,1-2H3,(H,29,34). The molecule has 0 radical (unpaired) electrons. The van der Waals surface area contributed by atoms with E-state index < -0.39 is 0 Å². The van der Waals surface area contributed by atoms with Crippen molar-refractivity contribution in [3.05, 3.63) is 77.2 Å². The number of halogens is 1. The lowest BCUT2D eigenvalue weighted by Crippen LogP contribution is -2.49. The number of piperazine rings is 1. The fourth-order valence-corrected chi connectivity index (χ4v) is 4.62. The second kappa shape index (κ2) is 9.93. The third-order valence-electron chi connectivity index (χ3n) is 6.17. The van der Waals surface area contributed by atoms with Gasteiger partial charge in [0.25, 0.3) is 0 Å². The molecule has 8 nitrogen and oxygen atoms in total. The van der Waals surface area contributed by atoms with Crippen LogP contribution in [-0.2, 0) is 6.54 Å². The lowest BCUT2D eigenvalue weighted by Gasteiger charge is -2.34. The number of aromatic nitrogens is 3. The van der Waals surface area contributed by atoms with Gasteiger partial charge in [0.1, 0.15) is 17.1 Å². The topological polar surface area (TPSA) is 75.5 Å². The number of ether oxygens (including phenoxy) is 1. The van der Waals surface area contributed by atoms with Crippen molar-refractivity contribution >= 4 is 34.5 Å². The van der Waals surface area contributed by atoms with Crippen molar-refractivity contribution < 1.29 is 9.53 Å². The minimum atomic E-state index is -0.137. The summed E-state index contributed by atoms with van der Waals surface area (Å²) >= 11 is 6.18. The van der Waals surface area contributed by atoms with E-state index in [4.69, 9.17) is 21.3 Å². The number of aryl methyl sites for hydroxylation is 1. The Bertz CT molecular complexity index is 1360. The molecule has 0 unspecified atom stereocenters. The van der Waals surface area contributed by atoms with Crippen molar-refractivity contribution in [3.63, 3.8) is 0 Å². The second-order valence-electron chi connectivity index (χ2n) is 8.59. The van der Waals surface area contributed by atoms with Crippen molar-refractivity contribution in [1.29, 1.82) is 0 Å². The van der Waals surface area contributed by atoms with Crippen LogP contribution in [0.1, 0.15) is 11.4 Å². The van der Waals surface area contributed by atoms with E-state index in [0.717, 1.165) is 35.8 Å². The van der Waals surface area contributed by atoms with Gasteiger partial charge in [-0.25, -0.2) is 14.8 Å². The van der Waals surface area contributed by atoms with Crippen LogP contribution in [0.15, 0.2) is 60.8 Å². The van der Waals surface area contributed by atoms with Gasteiger partial charge in [0.15, 0.2) is 5.65 Å². The molecule has 1 saturated heterocycles. The molecule has 0 saturated carbocycles. The molecule has 5 rings (SSSR count). The van der Waals surface area contributed by atoms with Crippen LogP contribution in [-0.4, -0.2) is 63.7 Å². The molecule has 2 aromatic carbocycles. The number of urea groups is 1. The maximum absolute atomic E-state index is 12.8. The lowest BCUT2D eigenvalue weighted by atomic mass is 10.2. The molecular formula is C26H27ClN6O2. The summed E-state index contributed by atoms with van der Waals surface area (Å²) in [4.78, 5) is 26.4. The summed E-state index contributed by atoms with van der Waals surface area (Å²) in [6.07, 6.45) is 1.80. The van der Waals surface area contributed by atoms with Crippen molar-refractivity contribution in [1.82, 2.24) is 24.3 Å². The molecule has 3 heterocycles. The molecule has 1 aliphatic rings. The molecule has 4 aromatic rings. The third-order valence-corrected chi connectivity index (χ3v) is 6.47. The lowest BCUT2D eigenvalue weighted by molar-refractivity contribution is 0.140. The number of hydrogen-bond acceptors (Lipinski definition) is 5. The minimum Gasteiger partial charge on any atom is -0.495 e. The Hall–Kier alpha value is -3.62. The van der Waals surface area contributed by atoms with E-state index in [9.17, 15) is 4.79 Å². The summed E-state index contributed by atoms with van der Waals surface area (Å²) < 4.78 is 7.31. The fourth-order valence-electron chi connectivity index (χ4n) is 4.36. The Morgan fingerprint density at radius 1 is 1.09 bits per heavy atom. The quantitative estimate of drug-likeness (QED) is 0.437. The fraction of sp³-hybridized carbons (Fsp3) is 0.269. The van der Waals surface area contributed by atoms with E-state index in [1.807, 2.05) is 17.0 Å². The van der Waals surface area contributed by atoms with Crippen LogP contribution >= 0.6 is 11.6 Å². The Morgan fingerprint density at radius 3 is 2.66 bits per heavy atom.